The quantitative estimate of drug-likeness (QED) is 0.211. The molecule has 0 spiro atoms. The number of carbonyl (C=O) groups is 1. The summed E-state index contributed by atoms with van der Waals surface area (Å²) in [5.74, 6) is -1.31. The van der Waals surface area contributed by atoms with Crippen molar-refractivity contribution in [2.24, 2.45) is 5.92 Å². The fourth-order valence-electron chi connectivity index (χ4n) is 5.50. The summed E-state index contributed by atoms with van der Waals surface area (Å²) in [5.41, 5.74) is -1.72. The van der Waals surface area contributed by atoms with Crippen LogP contribution in [0, 0.1) is 5.92 Å². The summed E-state index contributed by atoms with van der Waals surface area (Å²) in [5, 5.41) is 13.0. The summed E-state index contributed by atoms with van der Waals surface area (Å²) in [6.07, 6.45) is 0.453. The van der Waals surface area contributed by atoms with Crippen LogP contribution in [-0.4, -0.2) is 51.8 Å². The number of nitrogens with one attached hydrogen (secondary N) is 1. The van der Waals surface area contributed by atoms with E-state index in [0.29, 0.717) is 29.4 Å². The zero-order valence-corrected chi connectivity index (χ0v) is 25.2. The number of nitrogens with zero attached hydrogens (tertiary/aromatic N) is 8. The van der Waals surface area contributed by atoms with Gasteiger partial charge >= 0.3 is 19.3 Å². The molecule has 1 aliphatic heterocycles. The largest absolute Gasteiger partial charge is 0.436 e. The van der Waals surface area contributed by atoms with Gasteiger partial charge in [0.05, 0.1) is 53.2 Å². The van der Waals surface area contributed by atoms with Gasteiger partial charge in [-0.05, 0) is 43.2 Å². The van der Waals surface area contributed by atoms with Gasteiger partial charge < -0.3 is 10.1 Å². The van der Waals surface area contributed by atoms with Crippen molar-refractivity contribution < 1.29 is 40.3 Å². The summed E-state index contributed by atoms with van der Waals surface area (Å²) < 4.78 is 101. The highest BCUT2D eigenvalue weighted by Crippen LogP contribution is 2.36. The highest BCUT2D eigenvalue weighted by Gasteiger charge is 2.35. The molecule has 0 saturated heterocycles. The second-order valence-corrected chi connectivity index (χ2v) is 11.1. The highest BCUT2D eigenvalue weighted by molar-refractivity contribution is 5.95. The zero-order chi connectivity index (χ0) is 35.0. The minimum absolute atomic E-state index is 0.0678. The molecule has 49 heavy (non-hydrogen) atoms. The second kappa shape index (κ2) is 13.1. The Morgan fingerprint density at radius 1 is 1.02 bits per heavy atom. The van der Waals surface area contributed by atoms with Crippen LogP contribution >= 0.6 is 0 Å². The predicted molar refractivity (Wildman–Crippen MR) is 157 cm³/mol. The Labute approximate surface area is 271 Å². The third kappa shape index (κ3) is 6.86. The molecule has 2 bridgehead atoms. The number of benzene rings is 1. The summed E-state index contributed by atoms with van der Waals surface area (Å²) in [6, 6.07) is 6.49. The maximum Gasteiger partial charge on any atom is 0.436 e. The molecule has 12 nitrogen and oxygen atoms in total. The fourth-order valence-corrected chi connectivity index (χ4v) is 5.50. The average Bonchev–Trinajstić information content (AvgIpc) is 3.71. The van der Waals surface area contributed by atoms with E-state index in [2.05, 4.69) is 35.4 Å². The van der Waals surface area contributed by atoms with Crippen LogP contribution in [0.25, 0.3) is 28.2 Å². The molecular formula is C30H24F7N9O3. The van der Waals surface area contributed by atoms with E-state index in [1.165, 1.54) is 22.9 Å². The molecule has 1 N–H and O–H groups in total. The number of fused-ring (bicyclic) bond motifs is 4. The Morgan fingerprint density at radius 3 is 2.51 bits per heavy atom. The van der Waals surface area contributed by atoms with Crippen molar-refractivity contribution in [1.29, 1.82) is 0 Å². The van der Waals surface area contributed by atoms with Gasteiger partial charge in [0, 0.05) is 29.3 Å². The van der Waals surface area contributed by atoms with Crippen LogP contribution in [0.1, 0.15) is 50.2 Å². The van der Waals surface area contributed by atoms with Gasteiger partial charge in [-0.2, -0.15) is 35.8 Å². The lowest BCUT2D eigenvalue weighted by Crippen LogP contribution is -2.27. The molecule has 0 saturated carbocycles. The molecule has 6 rings (SSSR count). The van der Waals surface area contributed by atoms with Gasteiger partial charge in [-0.15, -0.1) is 5.10 Å². The predicted octanol–water partition coefficient (Wildman–Crippen LogP) is 6.11. The number of halogens is 7. The summed E-state index contributed by atoms with van der Waals surface area (Å²) in [6.45, 7) is -4.59. The van der Waals surface area contributed by atoms with Crippen molar-refractivity contribution in [1.82, 2.24) is 39.3 Å². The molecule has 2 atom stereocenters. The van der Waals surface area contributed by atoms with Crippen molar-refractivity contribution in [3.63, 3.8) is 0 Å². The minimum atomic E-state index is -4.82. The molecule has 5 heterocycles. The SMILES string of the molecule is C[C@@H]1CCC[C@H](n2cnc(-c3cc(OC(F)F)ccc3-n3cc(C(F)(F)F)nn3)cc2=O)c2cc(ccn2)-c2c(cnn2C(F)F)NC1=O. The average molecular weight is 692 g/mol. The van der Waals surface area contributed by atoms with Crippen LogP contribution in [0.4, 0.5) is 36.4 Å². The van der Waals surface area contributed by atoms with E-state index in [-0.39, 0.29) is 46.1 Å². The van der Waals surface area contributed by atoms with Crippen molar-refractivity contribution in [3.05, 3.63) is 83.1 Å². The normalized spacial score (nSPS) is 17.0. The number of anilines is 1. The molecule has 256 valence electrons. The van der Waals surface area contributed by atoms with Crippen molar-refractivity contribution in [3.8, 4) is 34.0 Å². The molecule has 1 aliphatic rings. The first-order valence-corrected chi connectivity index (χ1v) is 14.6. The third-order valence-corrected chi connectivity index (χ3v) is 7.87. The van der Waals surface area contributed by atoms with E-state index >= 15 is 0 Å². The number of amides is 1. The lowest BCUT2D eigenvalue weighted by Gasteiger charge is -2.22. The van der Waals surface area contributed by atoms with Gasteiger partial charge in [0.25, 0.3) is 5.56 Å². The van der Waals surface area contributed by atoms with Crippen LogP contribution < -0.4 is 15.6 Å². The van der Waals surface area contributed by atoms with E-state index in [1.807, 2.05) is 0 Å². The van der Waals surface area contributed by atoms with E-state index in [4.69, 9.17) is 0 Å². The number of alkyl halides is 7. The maximum atomic E-state index is 13.9. The van der Waals surface area contributed by atoms with E-state index in [1.54, 1.807) is 6.92 Å². The topological polar surface area (TPSA) is 135 Å². The highest BCUT2D eigenvalue weighted by atomic mass is 19.4. The number of hydrogen-bond donors (Lipinski definition) is 1. The van der Waals surface area contributed by atoms with Gasteiger partial charge in [0.15, 0.2) is 5.69 Å². The van der Waals surface area contributed by atoms with Crippen LogP contribution in [-0.2, 0) is 11.0 Å². The maximum absolute atomic E-state index is 13.9. The Bertz CT molecular complexity index is 2060. The fraction of sp³-hybridized carbons (Fsp3) is 0.300. The molecule has 4 aromatic heterocycles. The first kappa shape index (κ1) is 33.3. The summed E-state index contributed by atoms with van der Waals surface area (Å²) >= 11 is 0. The smallest absolute Gasteiger partial charge is 0.435 e. The van der Waals surface area contributed by atoms with Gasteiger partial charge in [-0.3, -0.25) is 19.1 Å². The van der Waals surface area contributed by atoms with Crippen LogP contribution in [0.15, 0.2) is 66.1 Å². The van der Waals surface area contributed by atoms with Gasteiger partial charge in [0.2, 0.25) is 5.91 Å². The Balaban J connectivity index is 1.45. The zero-order valence-electron chi connectivity index (χ0n) is 25.2. The van der Waals surface area contributed by atoms with Crippen molar-refractivity contribution >= 4 is 11.6 Å². The molecule has 0 fully saturated rings. The van der Waals surface area contributed by atoms with Gasteiger partial charge in [-0.25, -0.2) is 14.3 Å². The third-order valence-electron chi connectivity index (χ3n) is 7.87. The number of pyridine rings is 1. The van der Waals surface area contributed by atoms with Crippen LogP contribution in [0.2, 0.25) is 0 Å². The number of aromatic nitrogens is 8. The van der Waals surface area contributed by atoms with Crippen molar-refractivity contribution in [2.45, 2.75) is 51.6 Å². The monoisotopic (exact) mass is 691 g/mol. The Kier molecular flexibility index (Phi) is 8.91. The Morgan fingerprint density at radius 2 is 1.82 bits per heavy atom. The van der Waals surface area contributed by atoms with E-state index in [9.17, 15) is 40.3 Å². The lowest BCUT2D eigenvalue weighted by atomic mass is 9.97. The number of hydrogen-bond acceptors (Lipinski definition) is 8. The first-order chi connectivity index (χ1) is 23.3. The molecule has 0 unspecified atom stereocenters. The van der Waals surface area contributed by atoms with Crippen LogP contribution in [0.3, 0.4) is 0 Å². The van der Waals surface area contributed by atoms with E-state index in [0.717, 1.165) is 41.5 Å². The molecule has 19 heteroatoms. The molecule has 1 amide bonds. The first-order valence-electron chi connectivity index (χ1n) is 14.6. The molecule has 0 aliphatic carbocycles. The van der Waals surface area contributed by atoms with Crippen molar-refractivity contribution in [2.75, 3.05) is 5.32 Å². The number of carbonyl (C=O) groups excluding carboxylic acids is 1. The van der Waals surface area contributed by atoms with Gasteiger partial charge in [-0.1, -0.05) is 18.6 Å². The molecule has 0 radical (unpaired) electrons. The second-order valence-electron chi connectivity index (χ2n) is 11.1. The summed E-state index contributed by atoms with van der Waals surface area (Å²) in [7, 11) is 0. The minimum Gasteiger partial charge on any atom is -0.435 e. The lowest BCUT2D eigenvalue weighted by molar-refractivity contribution is -0.141. The molecule has 1 aromatic carbocycles. The molecule has 5 aromatic rings. The standard InChI is InChI=1S/C30H24F7N9O3/c1-15-3-2-4-23(20-9-16(7-8-38-20)26-21(41-27(15)48)12-40-46(26)28(31)32)44-14-39-19(11-25(44)47)18-10-17(49-29(33)34)5-6-22(18)45-13-24(42-43-45)30(35,36)37/h5-15,23,28-29H,2-4H2,1H3,(H,41,48)/t15-,23+/m1/s1. The Hall–Kier alpha value is -5.62. The molecular weight excluding hydrogens is 667 g/mol. The number of rotatable bonds is 6. The van der Waals surface area contributed by atoms with Crippen LogP contribution in [0.5, 0.6) is 5.75 Å². The number of ether oxygens (including phenoxy) is 1. The van der Waals surface area contributed by atoms with E-state index < -0.39 is 48.5 Å². The van der Waals surface area contributed by atoms with Gasteiger partial charge in [0.1, 0.15) is 5.75 Å². The summed E-state index contributed by atoms with van der Waals surface area (Å²) in [4.78, 5) is 35.4.